The van der Waals surface area contributed by atoms with Crippen molar-refractivity contribution < 1.29 is 13.2 Å². The van der Waals surface area contributed by atoms with Crippen LogP contribution in [0.25, 0.3) is 11.1 Å². The van der Waals surface area contributed by atoms with Gasteiger partial charge in [-0.2, -0.15) is 0 Å². The molecule has 7 heteroatoms. The Balaban J connectivity index is 1.75. The van der Waals surface area contributed by atoms with Crippen LogP contribution in [0.3, 0.4) is 0 Å². The second kappa shape index (κ2) is 8.97. The first-order chi connectivity index (χ1) is 15.0. The van der Waals surface area contributed by atoms with E-state index >= 15 is 0 Å². The van der Waals surface area contributed by atoms with Crippen molar-refractivity contribution in [2.75, 3.05) is 11.6 Å². The lowest BCUT2D eigenvalue weighted by molar-refractivity contribution is 0.307. The zero-order valence-electron chi connectivity index (χ0n) is 16.9. The number of hydrogen-bond donors (Lipinski definition) is 1. The molecule has 0 saturated carbocycles. The zero-order valence-corrected chi connectivity index (χ0v) is 17.7. The summed E-state index contributed by atoms with van der Waals surface area (Å²) in [6.07, 6.45) is 4.24. The fraction of sp³-hybridized carbons (Fsp3) is 0.0833. The van der Waals surface area contributed by atoms with Crippen molar-refractivity contribution in [2.45, 2.75) is 11.5 Å². The van der Waals surface area contributed by atoms with E-state index in [-0.39, 0.29) is 4.90 Å². The number of benzene rings is 3. The molecule has 6 nitrogen and oxygen atoms in total. The first-order valence-corrected chi connectivity index (χ1v) is 11.5. The molecular weight excluding hydrogens is 410 g/mol. The molecule has 0 atom stereocenters. The van der Waals surface area contributed by atoms with Crippen LogP contribution in [0.4, 0.5) is 11.5 Å². The molecule has 0 amide bonds. The predicted octanol–water partition coefficient (Wildman–Crippen LogP) is 4.87. The fourth-order valence-electron chi connectivity index (χ4n) is 3.15. The second-order valence-electron chi connectivity index (χ2n) is 6.97. The minimum Gasteiger partial charge on any atom is -0.488 e. The number of anilines is 2. The van der Waals surface area contributed by atoms with Gasteiger partial charge in [0, 0.05) is 29.3 Å². The molecule has 0 unspecified atom stereocenters. The van der Waals surface area contributed by atoms with Crippen LogP contribution in [0.1, 0.15) is 5.56 Å². The topological polar surface area (TPSA) is 81.2 Å². The van der Waals surface area contributed by atoms with Crippen LogP contribution < -0.4 is 10.1 Å². The minimum absolute atomic E-state index is 0.218. The molecule has 0 bridgehead atoms. The van der Waals surface area contributed by atoms with E-state index in [1.54, 1.807) is 30.5 Å². The summed E-state index contributed by atoms with van der Waals surface area (Å²) in [5.41, 5.74) is 3.31. The summed E-state index contributed by atoms with van der Waals surface area (Å²) in [6, 6.07) is 24.3. The van der Waals surface area contributed by atoms with Crippen molar-refractivity contribution >= 4 is 21.3 Å². The molecule has 0 aliphatic heterocycles. The van der Waals surface area contributed by atoms with Crippen molar-refractivity contribution in [1.82, 2.24) is 9.97 Å². The third-order valence-electron chi connectivity index (χ3n) is 4.68. The van der Waals surface area contributed by atoms with Gasteiger partial charge >= 0.3 is 0 Å². The van der Waals surface area contributed by atoms with Crippen LogP contribution in [-0.2, 0) is 16.4 Å². The summed E-state index contributed by atoms with van der Waals surface area (Å²) in [4.78, 5) is 8.34. The van der Waals surface area contributed by atoms with Gasteiger partial charge in [0.15, 0.2) is 9.84 Å². The van der Waals surface area contributed by atoms with Crippen LogP contribution in [0.2, 0.25) is 0 Å². The largest absolute Gasteiger partial charge is 0.488 e. The Labute approximate surface area is 181 Å². The average Bonchev–Trinajstić information content (AvgIpc) is 2.79. The molecular formula is C24H21N3O3S. The Morgan fingerprint density at radius 2 is 1.68 bits per heavy atom. The van der Waals surface area contributed by atoms with Gasteiger partial charge < -0.3 is 10.1 Å². The molecule has 1 heterocycles. The molecule has 0 aliphatic rings. The summed E-state index contributed by atoms with van der Waals surface area (Å²) in [7, 11) is -3.38. The number of sulfone groups is 1. The van der Waals surface area contributed by atoms with Crippen molar-refractivity contribution in [1.29, 1.82) is 0 Å². The molecule has 4 rings (SSSR count). The van der Waals surface area contributed by atoms with Gasteiger partial charge in [0.05, 0.1) is 4.90 Å². The van der Waals surface area contributed by atoms with E-state index in [9.17, 15) is 8.42 Å². The highest BCUT2D eigenvalue weighted by Gasteiger charge is 2.16. The molecule has 0 fully saturated rings. The average molecular weight is 432 g/mol. The molecule has 0 aliphatic carbocycles. The molecule has 1 N–H and O–H groups in total. The van der Waals surface area contributed by atoms with E-state index in [4.69, 9.17) is 4.74 Å². The van der Waals surface area contributed by atoms with E-state index in [2.05, 4.69) is 15.3 Å². The van der Waals surface area contributed by atoms with E-state index in [0.717, 1.165) is 16.7 Å². The molecule has 0 spiro atoms. The maximum Gasteiger partial charge on any atom is 0.175 e. The third-order valence-corrected chi connectivity index (χ3v) is 5.79. The van der Waals surface area contributed by atoms with Gasteiger partial charge in [0.1, 0.15) is 24.5 Å². The highest BCUT2D eigenvalue weighted by molar-refractivity contribution is 7.90. The highest BCUT2D eigenvalue weighted by atomic mass is 32.2. The van der Waals surface area contributed by atoms with E-state index in [0.29, 0.717) is 23.9 Å². The van der Waals surface area contributed by atoms with Crippen molar-refractivity contribution in [3.05, 3.63) is 97.0 Å². The smallest absolute Gasteiger partial charge is 0.175 e. The fourth-order valence-corrected chi connectivity index (χ4v) is 3.79. The van der Waals surface area contributed by atoms with Gasteiger partial charge in [-0.1, -0.05) is 54.6 Å². The molecule has 0 radical (unpaired) electrons. The number of ether oxygens (including phenoxy) is 1. The molecule has 0 saturated heterocycles. The van der Waals surface area contributed by atoms with E-state index < -0.39 is 9.84 Å². The predicted molar refractivity (Wildman–Crippen MR) is 121 cm³/mol. The van der Waals surface area contributed by atoms with Gasteiger partial charge in [-0.3, -0.25) is 0 Å². The van der Waals surface area contributed by atoms with Gasteiger partial charge in [-0.05, 0) is 29.8 Å². The van der Waals surface area contributed by atoms with Crippen molar-refractivity contribution in [3.8, 4) is 16.9 Å². The lowest BCUT2D eigenvalue weighted by Gasteiger charge is -2.16. The summed E-state index contributed by atoms with van der Waals surface area (Å²) < 4.78 is 30.4. The van der Waals surface area contributed by atoms with Crippen LogP contribution >= 0.6 is 0 Å². The van der Waals surface area contributed by atoms with Gasteiger partial charge in [0.2, 0.25) is 0 Å². The van der Waals surface area contributed by atoms with Gasteiger partial charge in [0.25, 0.3) is 0 Å². The molecule has 4 aromatic rings. The number of para-hydroxylation sites is 1. The molecule has 1 aromatic heterocycles. The quantitative estimate of drug-likeness (QED) is 0.450. The van der Waals surface area contributed by atoms with Gasteiger partial charge in [-0.15, -0.1) is 0 Å². The maximum atomic E-state index is 12.1. The van der Waals surface area contributed by atoms with Crippen LogP contribution in [-0.4, -0.2) is 24.6 Å². The second-order valence-corrected chi connectivity index (χ2v) is 8.99. The number of nitrogens with one attached hydrogen (secondary N) is 1. The SMILES string of the molecule is CS(=O)(=O)c1ccc(-c2ccccc2OCc2ccccc2)c(Nc2ccncn2)c1. The number of aromatic nitrogens is 2. The molecule has 3 aromatic carbocycles. The summed E-state index contributed by atoms with van der Waals surface area (Å²) in [5.74, 6) is 1.26. The Bertz CT molecular complexity index is 1280. The van der Waals surface area contributed by atoms with Crippen LogP contribution in [0, 0.1) is 0 Å². The van der Waals surface area contributed by atoms with Crippen molar-refractivity contribution in [2.24, 2.45) is 0 Å². The van der Waals surface area contributed by atoms with Crippen LogP contribution in [0.15, 0.2) is 96.3 Å². The summed E-state index contributed by atoms with van der Waals surface area (Å²) in [6.45, 7) is 0.425. The normalized spacial score (nSPS) is 11.1. The van der Waals surface area contributed by atoms with Crippen molar-refractivity contribution in [3.63, 3.8) is 0 Å². The highest BCUT2D eigenvalue weighted by Crippen LogP contribution is 2.37. The zero-order chi connectivity index (χ0) is 21.7. The Morgan fingerprint density at radius 3 is 2.42 bits per heavy atom. The number of nitrogens with zero attached hydrogens (tertiary/aromatic N) is 2. The molecule has 31 heavy (non-hydrogen) atoms. The first kappa shape index (κ1) is 20.6. The third kappa shape index (κ3) is 5.07. The Kier molecular flexibility index (Phi) is 5.95. The Morgan fingerprint density at radius 1 is 0.903 bits per heavy atom. The summed E-state index contributed by atoms with van der Waals surface area (Å²) >= 11 is 0. The lowest BCUT2D eigenvalue weighted by atomic mass is 10.0. The first-order valence-electron chi connectivity index (χ1n) is 9.64. The lowest BCUT2D eigenvalue weighted by Crippen LogP contribution is -2.02. The summed E-state index contributed by atoms with van der Waals surface area (Å²) in [5, 5.41) is 3.21. The number of hydrogen-bond acceptors (Lipinski definition) is 6. The monoisotopic (exact) mass is 431 g/mol. The van der Waals surface area contributed by atoms with Gasteiger partial charge in [-0.25, -0.2) is 18.4 Å². The maximum absolute atomic E-state index is 12.1. The van der Waals surface area contributed by atoms with E-state index in [1.165, 1.54) is 12.6 Å². The number of rotatable bonds is 7. The van der Waals surface area contributed by atoms with Crippen LogP contribution in [0.5, 0.6) is 5.75 Å². The van der Waals surface area contributed by atoms with E-state index in [1.807, 2.05) is 54.6 Å². The standard InChI is InChI=1S/C24H21N3O3S/c1-31(28,29)19-11-12-20(22(15-19)27-24-13-14-25-17-26-24)21-9-5-6-10-23(21)30-16-18-7-3-2-4-8-18/h2-15,17H,16H2,1H3,(H,25,26,27). The molecule has 156 valence electrons. The Hall–Kier alpha value is -3.71. The minimum atomic E-state index is -3.38.